The fourth-order valence-electron chi connectivity index (χ4n) is 4.45. The van der Waals surface area contributed by atoms with Crippen LogP contribution in [0.15, 0.2) is 18.2 Å². The summed E-state index contributed by atoms with van der Waals surface area (Å²) >= 11 is 0. The van der Waals surface area contributed by atoms with Crippen molar-refractivity contribution in [3.63, 3.8) is 0 Å². The summed E-state index contributed by atoms with van der Waals surface area (Å²) in [5.74, 6) is 0.615. The van der Waals surface area contributed by atoms with Crippen molar-refractivity contribution in [3.8, 4) is 5.75 Å². The van der Waals surface area contributed by atoms with Crippen LogP contribution in [-0.2, 0) is 5.41 Å². The Kier molecular flexibility index (Phi) is 4.49. The van der Waals surface area contributed by atoms with E-state index in [0.29, 0.717) is 11.9 Å². The molecule has 1 saturated heterocycles. The van der Waals surface area contributed by atoms with E-state index >= 15 is 0 Å². The van der Waals surface area contributed by atoms with Gasteiger partial charge in [0.1, 0.15) is 11.4 Å². The van der Waals surface area contributed by atoms with Crippen LogP contribution in [0.5, 0.6) is 5.75 Å². The Labute approximate surface area is 149 Å². The lowest BCUT2D eigenvalue weighted by Gasteiger charge is -2.37. The zero-order chi connectivity index (χ0) is 15.4. The van der Waals surface area contributed by atoms with E-state index in [-0.39, 0.29) is 29.4 Å². The topological polar surface area (TPSA) is 41.6 Å². The summed E-state index contributed by atoms with van der Waals surface area (Å²) in [5.41, 5.74) is 2.73. The van der Waals surface area contributed by atoms with Crippen LogP contribution in [-0.4, -0.2) is 51.9 Å². The number of benzene rings is 1. The number of amides is 1. The molecule has 3 rings (SSSR count). The highest BCUT2D eigenvalue weighted by atomic mass is 127. The zero-order valence-corrected chi connectivity index (χ0v) is 16.0. The molecular weight excluding hydrogens is 393 g/mol. The van der Waals surface area contributed by atoms with Crippen molar-refractivity contribution >= 4 is 11.8 Å². The smallest absolute Gasteiger partial charge is 0.412 e. The number of halogens is 1. The van der Waals surface area contributed by atoms with Crippen molar-refractivity contribution in [1.29, 1.82) is 0 Å². The molecule has 2 heterocycles. The second-order valence-corrected chi connectivity index (χ2v) is 6.88. The van der Waals surface area contributed by atoms with E-state index in [1.165, 1.54) is 11.3 Å². The van der Waals surface area contributed by atoms with Gasteiger partial charge in [0.15, 0.2) is 6.17 Å². The molecule has 5 nitrogen and oxygen atoms in total. The van der Waals surface area contributed by atoms with Gasteiger partial charge in [-0.15, -0.1) is 0 Å². The molecule has 1 aromatic rings. The van der Waals surface area contributed by atoms with E-state index in [2.05, 4.69) is 44.3 Å². The van der Waals surface area contributed by atoms with Crippen molar-refractivity contribution in [1.82, 2.24) is 14.7 Å². The molecule has 1 N–H and O–H groups in total. The molecule has 0 radical (unpaired) electrons. The lowest BCUT2D eigenvalue weighted by Crippen LogP contribution is -3.00. The van der Waals surface area contributed by atoms with Crippen molar-refractivity contribution in [2.45, 2.75) is 24.9 Å². The minimum Gasteiger partial charge on any atom is -1.00 e. The molecule has 1 fully saturated rings. The molecule has 1 amide bonds. The number of quaternary nitrogens is 1. The van der Waals surface area contributed by atoms with Crippen LogP contribution in [0.3, 0.4) is 0 Å². The molecule has 122 valence electrons. The Morgan fingerprint density at radius 3 is 2.77 bits per heavy atom. The Bertz CT molecular complexity index is 605. The summed E-state index contributed by atoms with van der Waals surface area (Å²) in [6, 6.07) is 6.03. The summed E-state index contributed by atoms with van der Waals surface area (Å²) in [6.07, 6.45) is 1.14. The third-order valence-corrected chi connectivity index (χ3v) is 5.20. The van der Waals surface area contributed by atoms with Crippen molar-refractivity contribution < 1.29 is 33.5 Å². The number of carbonyl (C=O) groups excluding carboxylic acids is 1. The number of likely N-dealkylation sites (N-methyl/N-ethyl adjacent to an activating group) is 2. The third-order valence-electron chi connectivity index (χ3n) is 5.20. The Balaban J connectivity index is 0.00000176. The van der Waals surface area contributed by atoms with Gasteiger partial charge >= 0.3 is 6.09 Å². The first-order chi connectivity index (χ1) is 9.80. The molecular formula is C16H24IN3O2. The molecule has 0 aliphatic carbocycles. The number of carbonyl (C=O) groups is 1. The fourth-order valence-corrected chi connectivity index (χ4v) is 4.45. The molecule has 6 heteroatoms. The SMILES string of the molecule is CNC(=O)Oc1ccc2c(c1)C1(C)CCN(C)C1[N+]2(C)C.[I-]. The Morgan fingerprint density at radius 1 is 1.45 bits per heavy atom. The Morgan fingerprint density at radius 2 is 2.14 bits per heavy atom. The van der Waals surface area contributed by atoms with Gasteiger partial charge in [-0.3, -0.25) is 9.38 Å². The third kappa shape index (κ3) is 2.32. The first-order valence-electron chi connectivity index (χ1n) is 7.39. The number of fused-ring (bicyclic) bond motifs is 3. The van der Waals surface area contributed by atoms with Crippen LogP contribution in [0, 0.1) is 0 Å². The second kappa shape index (κ2) is 5.65. The molecule has 2 aliphatic heterocycles. The molecule has 0 aromatic heterocycles. The summed E-state index contributed by atoms with van der Waals surface area (Å²) in [5, 5.41) is 2.49. The van der Waals surface area contributed by atoms with E-state index in [1.54, 1.807) is 7.05 Å². The highest BCUT2D eigenvalue weighted by Crippen LogP contribution is 2.54. The molecule has 0 saturated carbocycles. The number of ether oxygens (including phenoxy) is 1. The van der Waals surface area contributed by atoms with Gasteiger partial charge in [0.25, 0.3) is 0 Å². The molecule has 2 aliphatic rings. The summed E-state index contributed by atoms with van der Waals surface area (Å²) in [7, 11) is 8.29. The summed E-state index contributed by atoms with van der Waals surface area (Å²) in [4.78, 5) is 13.9. The number of nitrogens with zero attached hydrogens (tertiary/aromatic N) is 2. The van der Waals surface area contributed by atoms with E-state index in [1.807, 2.05) is 12.1 Å². The molecule has 1 aromatic carbocycles. The minimum absolute atomic E-state index is 0. The van der Waals surface area contributed by atoms with Crippen LogP contribution in [0.2, 0.25) is 0 Å². The van der Waals surface area contributed by atoms with Crippen LogP contribution in [0.4, 0.5) is 10.5 Å². The predicted molar refractivity (Wildman–Crippen MR) is 83.6 cm³/mol. The van der Waals surface area contributed by atoms with Crippen LogP contribution < -0.4 is 38.5 Å². The maximum Gasteiger partial charge on any atom is 0.412 e. The van der Waals surface area contributed by atoms with Crippen LogP contribution in [0.1, 0.15) is 18.9 Å². The lowest BCUT2D eigenvalue weighted by atomic mass is 9.81. The molecule has 0 bridgehead atoms. The van der Waals surface area contributed by atoms with Gasteiger partial charge in [0, 0.05) is 25.2 Å². The zero-order valence-electron chi connectivity index (χ0n) is 13.8. The second-order valence-electron chi connectivity index (χ2n) is 6.88. The molecule has 2 atom stereocenters. The summed E-state index contributed by atoms with van der Waals surface area (Å²) in [6.45, 7) is 3.43. The van der Waals surface area contributed by atoms with E-state index < -0.39 is 6.09 Å². The first kappa shape index (κ1) is 17.5. The van der Waals surface area contributed by atoms with Gasteiger partial charge in [-0.1, -0.05) is 0 Å². The maximum atomic E-state index is 11.4. The molecule has 22 heavy (non-hydrogen) atoms. The number of hydrogen-bond donors (Lipinski definition) is 1. The predicted octanol–water partition coefficient (Wildman–Crippen LogP) is -1.09. The normalized spacial score (nSPS) is 28.5. The van der Waals surface area contributed by atoms with E-state index in [0.717, 1.165) is 17.4 Å². The largest absolute Gasteiger partial charge is 1.00 e. The minimum atomic E-state index is -0.424. The van der Waals surface area contributed by atoms with Gasteiger partial charge in [-0.05, 0) is 32.5 Å². The quantitative estimate of drug-likeness (QED) is 0.467. The van der Waals surface area contributed by atoms with Crippen LogP contribution in [0.25, 0.3) is 0 Å². The maximum absolute atomic E-state index is 11.4. The molecule has 0 spiro atoms. The van der Waals surface area contributed by atoms with Gasteiger partial charge in [0.2, 0.25) is 0 Å². The highest BCUT2D eigenvalue weighted by Gasteiger charge is 2.60. The number of rotatable bonds is 1. The number of hydrogen-bond acceptors (Lipinski definition) is 3. The fraction of sp³-hybridized carbons (Fsp3) is 0.562. The van der Waals surface area contributed by atoms with Crippen molar-refractivity contribution in [2.75, 3.05) is 34.7 Å². The van der Waals surface area contributed by atoms with Gasteiger partial charge in [-0.2, -0.15) is 0 Å². The van der Waals surface area contributed by atoms with Crippen LogP contribution >= 0.6 is 0 Å². The average Bonchev–Trinajstić information content (AvgIpc) is 2.83. The van der Waals surface area contributed by atoms with E-state index in [9.17, 15) is 4.79 Å². The van der Waals surface area contributed by atoms with E-state index in [4.69, 9.17) is 4.74 Å². The number of likely N-dealkylation sites (tertiary alicyclic amines) is 1. The monoisotopic (exact) mass is 417 g/mol. The standard InChI is InChI=1S/C16H23N3O2.HI/c1-16-8-9-18(3)14(16)19(4,5)13-7-6-11(10-12(13)16)21-15(20)17-2;/h6-7,10,14H,8-9H2,1-5H3;1H. The van der Waals surface area contributed by atoms with Gasteiger partial charge in [-0.25, -0.2) is 4.79 Å². The highest BCUT2D eigenvalue weighted by molar-refractivity contribution is 5.71. The lowest BCUT2D eigenvalue weighted by molar-refractivity contribution is -0.00000992. The average molecular weight is 417 g/mol. The van der Waals surface area contributed by atoms with Crippen molar-refractivity contribution in [2.24, 2.45) is 0 Å². The number of nitrogens with one attached hydrogen (secondary N) is 1. The molecule has 2 unspecified atom stereocenters. The summed E-state index contributed by atoms with van der Waals surface area (Å²) < 4.78 is 6.16. The van der Waals surface area contributed by atoms with Gasteiger partial charge in [0.05, 0.1) is 19.5 Å². The Hall–Kier alpha value is -0.860. The van der Waals surface area contributed by atoms with Crippen molar-refractivity contribution in [3.05, 3.63) is 23.8 Å². The first-order valence-corrected chi connectivity index (χ1v) is 7.39. The van der Waals surface area contributed by atoms with Gasteiger partial charge < -0.3 is 34.0 Å².